The van der Waals surface area contributed by atoms with Crippen molar-refractivity contribution in [3.63, 3.8) is 0 Å². The van der Waals surface area contributed by atoms with Gasteiger partial charge in [0.15, 0.2) is 4.33 Å². The van der Waals surface area contributed by atoms with Crippen LogP contribution in [0.5, 0.6) is 5.75 Å². The number of hydrogen-bond donors (Lipinski definition) is 0. The fourth-order valence-corrected chi connectivity index (χ4v) is 7.08. The molecule has 0 aromatic heterocycles. The van der Waals surface area contributed by atoms with E-state index < -0.39 is 37.7 Å². The van der Waals surface area contributed by atoms with Gasteiger partial charge in [0, 0.05) is 0 Å². The van der Waals surface area contributed by atoms with Crippen LogP contribution in [0.2, 0.25) is 0 Å². The van der Waals surface area contributed by atoms with E-state index in [2.05, 4.69) is 0 Å². The molecule has 0 N–H and O–H groups in total. The van der Waals surface area contributed by atoms with Gasteiger partial charge < -0.3 is 4.74 Å². The number of halogens is 6. The number of nitrogens with zero attached hydrogens (tertiary/aromatic N) is 1. The molecule has 1 aliphatic heterocycles. The van der Waals surface area contributed by atoms with Gasteiger partial charge in [0.05, 0.1) is 34.2 Å². The third-order valence-electron chi connectivity index (χ3n) is 5.31. The summed E-state index contributed by atoms with van der Waals surface area (Å²) >= 11 is 38.8. The largest absolute Gasteiger partial charge is 0.492 e. The molecule has 2 aliphatic carbocycles. The van der Waals surface area contributed by atoms with E-state index in [1.54, 1.807) is 31.2 Å². The molecule has 27 heavy (non-hydrogen) atoms. The zero-order valence-corrected chi connectivity index (χ0v) is 18.1. The molecular formula is C17H11Cl6NO3. The summed E-state index contributed by atoms with van der Waals surface area (Å²) in [6.45, 7) is 2.14. The smallest absolute Gasteiger partial charge is 0.240 e. The monoisotopic (exact) mass is 487 g/mol. The van der Waals surface area contributed by atoms with Crippen LogP contribution in [-0.4, -0.2) is 32.5 Å². The van der Waals surface area contributed by atoms with Gasteiger partial charge in [-0.1, -0.05) is 58.5 Å². The minimum atomic E-state index is -1.94. The number of carbonyl (C=O) groups is 2. The summed E-state index contributed by atoms with van der Waals surface area (Å²) in [4.78, 5) is 24.0. The Balaban J connectivity index is 1.89. The lowest BCUT2D eigenvalue weighted by molar-refractivity contribution is -0.123. The van der Waals surface area contributed by atoms with Gasteiger partial charge in [-0.05, 0) is 19.1 Å². The summed E-state index contributed by atoms with van der Waals surface area (Å²) < 4.78 is 3.60. The van der Waals surface area contributed by atoms with Gasteiger partial charge in [0.1, 0.15) is 15.5 Å². The molecule has 1 aromatic carbocycles. The van der Waals surface area contributed by atoms with E-state index in [1.165, 1.54) is 0 Å². The number of imide groups is 1. The molecule has 1 saturated carbocycles. The molecule has 1 saturated heterocycles. The summed E-state index contributed by atoms with van der Waals surface area (Å²) in [5, 5.41) is -0.235. The van der Waals surface area contributed by atoms with Crippen LogP contribution < -0.4 is 9.64 Å². The lowest BCUT2D eigenvalue weighted by Crippen LogP contribution is -2.50. The van der Waals surface area contributed by atoms with Crippen molar-refractivity contribution in [2.75, 3.05) is 11.5 Å². The van der Waals surface area contributed by atoms with E-state index in [0.29, 0.717) is 12.4 Å². The number of carbonyl (C=O) groups excluding carboxylic acids is 2. The average molecular weight is 490 g/mol. The minimum absolute atomic E-state index is 0.117. The van der Waals surface area contributed by atoms with Gasteiger partial charge in [-0.15, -0.1) is 23.2 Å². The fourth-order valence-electron chi connectivity index (χ4n) is 4.15. The van der Waals surface area contributed by atoms with Crippen LogP contribution in [0.1, 0.15) is 6.92 Å². The summed E-state index contributed by atoms with van der Waals surface area (Å²) in [5.74, 6) is -3.17. The van der Waals surface area contributed by atoms with Crippen molar-refractivity contribution < 1.29 is 14.3 Å². The molecule has 0 radical (unpaired) electrons. The van der Waals surface area contributed by atoms with Crippen molar-refractivity contribution in [1.29, 1.82) is 0 Å². The van der Waals surface area contributed by atoms with Crippen LogP contribution in [0, 0.1) is 11.8 Å². The molecule has 4 atom stereocenters. The maximum Gasteiger partial charge on any atom is 0.240 e. The second-order valence-electron chi connectivity index (χ2n) is 6.49. The molecule has 4 nitrogen and oxygen atoms in total. The van der Waals surface area contributed by atoms with Crippen LogP contribution >= 0.6 is 69.6 Å². The van der Waals surface area contributed by atoms with E-state index in [9.17, 15) is 9.59 Å². The number of benzene rings is 1. The Hall–Kier alpha value is -0.360. The standard InChI is InChI=1S/C17H11Cl6NO3/c1-2-27-8-6-4-3-5-7(8)24-13(25)9-10(14(24)26)16(21)12(19)11(18)15(9,20)17(16,22)23/h3-6,9-10H,2H2,1H3/t9-,10+,15-,16-/m1/s1. The molecule has 0 unspecified atom stereocenters. The lowest BCUT2D eigenvalue weighted by atomic mass is 9.84. The van der Waals surface area contributed by atoms with Crippen LogP contribution in [0.15, 0.2) is 34.3 Å². The predicted octanol–water partition coefficient (Wildman–Crippen LogP) is 5.04. The summed E-state index contributed by atoms with van der Waals surface area (Å²) in [7, 11) is 0. The number of hydrogen-bond acceptors (Lipinski definition) is 3. The Labute approximate surface area is 185 Å². The maximum atomic E-state index is 13.3. The van der Waals surface area contributed by atoms with Crippen molar-refractivity contribution in [1.82, 2.24) is 0 Å². The van der Waals surface area contributed by atoms with Crippen molar-refractivity contribution in [2.24, 2.45) is 11.8 Å². The summed E-state index contributed by atoms with van der Waals surface area (Å²) in [5.41, 5.74) is 0.283. The van der Waals surface area contributed by atoms with Gasteiger partial charge in [-0.25, -0.2) is 4.90 Å². The number of fused-ring (bicyclic) bond motifs is 5. The fraction of sp³-hybridized carbons (Fsp3) is 0.412. The molecule has 10 heteroatoms. The van der Waals surface area contributed by atoms with Crippen molar-refractivity contribution in [3.05, 3.63) is 34.3 Å². The first kappa shape index (κ1) is 19.9. The first-order chi connectivity index (χ1) is 12.6. The van der Waals surface area contributed by atoms with Gasteiger partial charge in [0.2, 0.25) is 11.8 Å². The van der Waals surface area contributed by atoms with Gasteiger partial charge in [0.25, 0.3) is 0 Å². The van der Waals surface area contributed by atoms with Crippen LogP contribution in [0.4, 0.5) is 5.69 Å². The Morgan fingerprint density at radius 2 is 1.44 bits per heavy atom. The third kappa shape index (κ3) is 2.05. The first-order valence-corrected chi connectivity index (χ1v) is 10.2. The van der Waals surface area contributed by atoms with Crippen LogP contribution in [0.3, 0.4) is 0 Å². The molecule has 2 fully saturated rings. The normalized spacial score (nSPS) is 36.6. The van der Waals surface area contributed by atoms with Crippen molar-refractivity contribution in [2.45, 2.75) is 21.0 Å². The van der Waals surface area contributed by atoms with E-state index in [4.69, 9.17) is 74.3 Å². The average Bonchev–Trinajstić information content (AvgIpc) is 3.00. The van der Waals surface area contributed by atoms with Crippen molar-refractivity contribution in [3.8, 4) is 5.75 Å². The summed E-state index contributed by atoms with van der Waals surface area (Å²) in [6, 6.07) is 6.66. The number of rotatable bonds is 3. The summed E-state index contributed by atoms with van der Waals surface area (Å²) in [6.07, 6.45) is 0. The lowest BCUT2D eigenvalue weighted by Gasteiger charge is -2.34. The molecule has 2 bridgehead atoms. The SMILES string of the molecule is CCOc1ccccc1N1C(=O)[C@@H]2[C@H](C1=O)[C@@]1(Cl)C(Cl)=C(Cl)[C@@]2(Cl)C1(Cl)Cl. The first-order valence-electron chi connectivity index (χ1n) is 7.98. The molecular weight excluding hydrogens is 479 g/mol. The molecule has 0 spiro atoms. The second-order valence-corrected chi connectivity index (χ2v) is 9.77. The van der Waals surface area contributed by atoms with Crippen LogP contribution in [0.25, 0.3) is 0 Å². The minimum Gasteiger partial charge on any atom is -0.492 e. The highest BCUT2D eigenvalue weighted by molar-refractivity contribution is 6.67. The van der Waals surface area contributed by atoms with Gasteiger partial charge >= 0.3 is 0 Å². The molecule has 144 valence electrons. The highest BCUT2D eigenvalue weighted by Crippen LogP contribution is 2.77. The Morgan fingerprint density at radius 3 is 1.93 bits per heavy atom. The number of ether oxygens (including phenoxy) is 1. The molecule has 2 amide bonds. The Morgan fingerprint density at radius 1 is 0.963 bits per heavy atom. The zero-order valence-electron chi connectivity index (χ0n) is 13.6. The van der Waals surface area contributed by atoms with Crippen molar-refractivity contribution >= 4 is 87.1 Å². The zero-order chi connectivity index (χ0) is 19.9. The molecule has 1 heterocycles. The number of amides is 2. The molecule has 4 rings (SSSR count). The second kappa shape index (κ2) is 6.07. The quantitative estimate of drug-likeness (QED) is 0.441. The Bertz CT molecular complexity index is 872. The van der Waals surface area contributed by atoms with E-state index in [1.807, 2.05) is 0 Å². The number of allylic oxidation sites excluding steroid dienone is 2. The number of anilines is 1. The van der Waals surface area contributed by atoms with E-state index in [0.717, 1.165) is 4.90 Å². The third-order valence-corrected chi connectivity index (χ3v) is 9.57. The van der Waals surface area contributed by atoms with Gasteiger partial charge in [-0.2, -0.15) is 0 Å². The topological polar surface area (TPSA) is 46.6 Å². The molecule has 1 aromatic rings. The van der Waals surface area contributed by atoms with Gasteiger partial charge in [-0.3, -0.25) is 9.59 Å². The predicted molar refractivity (Wildman–Crippen MR) is 107 cm³/mol. The maximum absolute atomic E-state index is 13.3. The van der Waals surface area contributed by atoms with E-state index in [-0.39, 0.29) is 15.8 Å². The van der Waals surface area contributed by atoms with Crippen LogP contribution in [-0.2, 0) is 9.59 Å². The molecule has 3 aliphatic rings. The highest BCUT2D eigenvalue weighted by atomic mass is 35.5. The number of para-hydroxylation sites is 2. The van der Waals surface area contributed by atoms with E-state index >= 15 is 0 Å². The highest BCUT2D eigenvalue weighted by Gasteiger charge is 2.87. The Kier molecular flexibility index (Phi) is 4.48. The number of alkyl halides is 4.